The van der Waals surface area contributed by atoms with Gasteiger partial charge in [-0.05, 0) is 24.3 Å². The molecular weight excluding hydrogens is 200 g/mol. The van der Waals surface area contributed by atoms with Crippen molar-refractivity contribution in [3.05, 3.63) is 60.9 Å². The molecule has 2 rings (SSSR count). The summed E-state index contributed by atoms with van der Waals surface area (Å²) in [6.45, 7) is 0. The summed E-state index contributed by atoms with van der Waals surface area (Å²) in [5.74, 6) is 0. The molecule has 0 radical (unpaired) electrons. The van der Waals surface area contributed by atoms with E-state index in [4.69, 9.17) is 0 Å². The molecule has 0 N–H and O–H groups in total. The zero-order chi connectivity index (χ0) is 11.4. The maximum atomic E-state index is 12.0. The van der Waals surface area contributed by atoms with Crippen molar-refractivity contribution in [2.45, 2.75) is 0 Å². The number of nitrogens with zero attached hydrogens (tertiary/aromatic N) is 2. The van der Waals surface area contributed by atoms with Crippen molar-refractivity contribution in [2.24, 2.45) is 0 Å². The summed E-state index contributed by atoms with van der Waals surface area (Å²) >= 11 is 0. The molecule has 0 aliphatic rings. The lowest BCUT2D eigenvalue weighted by Gasteiger charge is -2.08. The third-order valence-corrected chi connectivity index (χ3v) is 2.37. The molecule has 0 aliphatic carbocycles. The van der Waals surface area contributed by atoms with Gasteiger partial charge in [-0.25, -0.2) is 0 Å². The van der Waals surface area contributed by atoms with Gasteiger partial charge in [0.05, 0.1) is 19.4 Å². The van der Waals surface area contributed by atoms with Crippen LogP contribution in [0.2, 0.25) is 0 Å². The fourth-order valence-corrected chi connectivity index (χ4v) is 1.46. The molecule has 1 aromatic heterocycles. The number of anilines is 1. The van der Waals surface area contributed by atoms with Gasteiger partial charge in [-0.2, -0.15) is 14.3 Å². The summed E-state index contributed by atoms with van der Waals surface area (Å²) in [6, 6.07) is 15.0. The highest BCUT2D eigenvalue weighted by Crippen LogP contribution is 2.10. The molecule has 0 atom stereocenters. The Labute approximate surface area is 94.6 Å². The fourth-order valence-electron chi connectivity index (χ4n) is 1.46. The van der Waals surface area contributed by atoms with E-state index in [1.54, 1.807) is 28.9 Å². The molecule has 2 aromatic rings. The topological polar surface area (TPSA) is 24.2 Å². The van der Waals surface area contributed by atoms with Gasteiger partial charge in [0.15, 0.2) is 0 Å². The van der Waals surface area contributed by atoms with Crippen LogP contribution in [0, 0.1) is 0 Å². The van der Waals surface area contributed by atoms with E-state index in [-0.39, 0.29) is 6.03 Å². The van der Waals surface area contributed by atoms with Gasteiger partial charge in [-0.3, -0.25) is 0 Å². The number of rotatable bonds is 1. The number of pyridine rings is 1. The summed E-state index contributed by atoms with van der Waals surface area (Å²) in [6.07, 6.45) is 3.48. The number of carbonyl (C=O) groups is 1. The Morgan fingerprint density at radius 1 is 1.00 bits per heavy atom. The van der Waals surface area contributed by atoms with Crippen LogP contribution in [0.5, 0.6) is 0 Å². The van der Waals surface area contributed by atoms with Crippen LogP contribution in [0.1, 0.15) is 0 Å². The summed E-state index contributed by atoms with van der Waals surface area (Å²) in [5, 5.41) is 0. The second-order valence-electron chi connectivity index (χ2n) is 3.46. The molecule has 0 fully saturated rings. The fraction of sp³-hybridized carbons (Fsp3) is 0.0769. The van der Waals surface area contributed by atoms with Gasteiger partial charge in [0, 0.05) is 0 Å². The third-order valence-electron chi connectivity index (χ3n) is 2.37. The molecule has 1 aromatic carbocycles. The van der Waals surface area contributed by atoms with Gasteiger partial charge in [0.2, 0.25) is 0 Å². The highest BCUT2D eigenvalue weighted by molar-refractivity contribution is 5.84. The Balaban J connectivity index is 2.24. The average molecular weight is 213 g/mol. The number of para-hydroxylation sites is 1. The number of benzene rings is 1. The van der Waals surface area contributed by atoms with Gasteiger partial charge in [0.25, 0.3) is 0 Å². The van der Waals surface area contributed by atoms with E-state index in [2.05, 4.69) is 0 Å². The van der Waals surface area contributed by atoms with E-state index in [0.717, 1.165) is 5.69 Å². The molecule has 0 saturated carbocycles. The zero-order valence-corrected chi connectivity index (χ0v) is 9.08. The Hall–Kier alpha value is -2.16. The minimum absolute atomic E-state index is 0.0770. The van der Waals surface area contributed by atoms with E-state index in [1.165, 1.54) is 0 Å². The van der Waals surface area contributed by atoms with Gasteiger partial charge in [-0.15, -0.1) is 0 Å². The standard InChI is InChI=1S/C13H13N2O/c1-14(12-8-4-2-5-9-12)13(16)15-10-6-3-7-11-15/h2-11H,1H3/q+1. The van der Waals surface area contributed by atoms with Crippen molar-refractivity contribution in [3.63, 3.8) is 0 Å². The third kappa shape index (κ3) is 2.08. The van der Waals surface area contributed by atoms with Crippen LogP contribution in [0.25, 0.3) is 0 Å². The van der Waals surface area contributed by atoms with Crippen LogP contribution < -0.4 is 9.47 Å². The monoisotopic (exact) mass is 213 g/mol. The van der Waals surface area contributed by atoms with Crippen LogP contribution in [0.3, 0.4) is 0 Å². The number of carbonyl (C=O) groups excluding carboxylic acids is 1. The van der Waals surface area contributed by atoms with Crippen LogP contribution in [-0.4, -0.2) is 13.1 Å². The summed E-state index contributed by atoms with van der Waals surface area (Å²) < 4.78 is 1.55. The van der Waals surface area contributed by atoms with Crippen molar-refractivity contribution in [1.29, 1.82) is 0 Å². The minimum atomic E-state index is -0.0770. The summed E-state index contributed by atoms with van der Waals surface area (Å²) in [7, 11) is 1.76. The first-order valence-electron chi connectivity index (χ1n) is 5.08. The van der Waals surface area contributed by atoms with Crippen LogP contribution in [0.15, 0.2) is 60.9 Å². The van der Waals surface area contributed by atoms with E-state index < -0.39 is 0 Å². The first-order valence-corrected chi connectivity index (χ1v) is 5.08. The first-order chi connectivity index (χ1) is 7.79. The normalized spacial score (nSPS) is 9.81. The van der Waals surface area contributed by atoms with Gasteiger partial charge in [-0.1, -0.05) is 24.3 Å². The molecule has 1 heterocycles. The molecular formula is C13H13N2O+. The van der Waals surface area contributed by atoms with Crippen LogP contribution in [-0.2, 0) is 0 Å². The summed E-state index contributed by atoms with van der Waals surface area (Å²) in [5.41, 5.74) is 0.879. The quantitative estimate of drug-likeness (QED) is 0.665. The van der Waals surface area contributed by atoms with Crippen LogP contribution in [0.4, 0.5) is 10.5 Å². The molecule has 80 valence electrons. The van der Waals surface area contributed by atoms with Crippen molar-refractivity contribution in [2.75, 3.05) is 11.9 Å². The predicted molar refractivity (Wildman–Crippen MR) is 62.3 cm³/mol. The predicted octanol–water partition coefficient (Wildman–Crippen LogP) is 2.08. The minimum Gasteiger partial charge on any atom is -0.196 e. The van der Waals surface area contributed by atoms with Crippen molar-refractivity contribution < 1.29 is 9.36 Å². The second kappa shape index (κ2) is 4.57. The Kier molecular flexibility index (Phi) is 2.96. The number of hydrogen-bond acceptors (Lipinski definition) is 1. The number of amides is 1. The Morgan fingerprint density at radius 2 is 1.56 bits per heavy atom. The lowest BCUT2D eigenvalue weighted by atomic mass is 10.3. The molecule has 16 heavy (non-hydrogen) atoms. The second-order valence-corrected chi connectivity index (χ2v) is 3.46. The SMILES string of the molecule is CN(C(=O)[n+]1ccccc1)c1ccccc1. The zero-order valence-electron chi connectivity index (χ0n) is 9.08. The van der Waals surface area contributed by atoms with Crippen molar-refractivity contribution in [1.82, 2.24) is 0 Å². The van der Waals surface area contributed by atoms with E-state index in [1.807, 2.05) is 48.5 Å². The molecule has 0 spiro atoms. The molecule has 0 unspecified atom stereocenters. The molecule has 3 heteroatoms. The average Bonchev–Trinajstić information content (AvgIpc) is 2.39. The van der Waals surface area contributed by atoms with Gasteiger partial charge < -0.3 is 0 Å². The highest BCUT2D eigenvalue weighted by Gasteiger charge is 2.21. The molecule has 0 saturated heterocycles. The molecule has 0 aliphatic heterocycles. The van der Waals surface area contributed by atoms with E-state index in [9.17, 15) is 4.79 Å². The smallest absolute Gasteiger partial charge is 0.196 e. The van der Waals surface area contributed by atoms with Crippen molar-refractivity contribution in [3.8, 4) is 0 Å². The summed E-state index contributed by atoms with van der Waals surface area (Å²) in [4.78, 5) is 13.6. The lowest BCUT2D eigenvalue weighted by Crippen LogP contribution is -2.50. The Bertz CT molecular complexity index is 468. The van der Waals surface area contributed by atoms with E-state index >= 15 is 0 Å². The highest BCUT2D eigenvalue weighted by atomic mass is 16.2. The largest absolute Gasteiger partial charge is 0.502 e. The number of aromatic nitrogens is 1. The van der Waals surface area contributed by atoms with Crippen molar-refractivity contribution >= 4 is 11.7 Å². The molecule has 0 bridgehead atoms. The lowest BCUT2D eigenvalue weighted by molar-refractivity contribution is -0.569. The maximum Gasteiger partial charge on any atom is 0.502 e. The van der Waals surface area contributed by atoms with E-state index in [0.29, 0.717) is 0 Å². The molecule has 3 nitrogen and oxygen atoms in total. The molecule has 1 amide bonds. The van der Waals surface area contributed by atoms with Gasteiger partial charge in [0.1, 0.15) is 5.69 Å². The first kappa shape index (κ1) is 10.4. The maximum absolute atomic E-state index is 12.0. The van der Waals surface area contributed by atoms with Gasteiger partial charge >= 0.3 is 6.03 Å². The van der Waals surface area contributed by atoms with Crippen LogP contribution >= 0.6 is 0 Å². The number of hydrogen-bond donors (Lipinski definition) is 0. The Morgan fingerprint density at radius 3 is 2.19 bits per heavy atom.